The summed E-state index contributed by atoms with van der Waals surface area (Å²) in [5.74, 6) is -0.218. The van der Waals surface area contributed by atoms with E-state index in [2.05, 4.69) is 5.32 Å². The van der Waals surface area contributed by atoms with Crippen LogP contribution in [0.25, 0.3) is 0 Å². The van der Waals surface area contributed by atoms with Crippen molar-refractivity contribution in [3.8, 4) is 0 Å². The molecule has 0 aromatic heterocycles. The number of rotatable bonds is 3. The van der Waals surface area contributed by atoms with Crippen molar-refractivity contribution in [1.29, 1.82) is 0 Å². The highest BCUT2D eigenvalue weighted by Gasteiger charge is 2.05. The first kappa shape index (κ1) is 12.1. The summed E-state index contributed by atoms with van der Waals surface area (Å²) in [6, 6.07) is 13.7. The van der Waals surface area contributed by atoms with Crippen molar-refractivity contribution in [3.05, 3.63) is 59.7 Å². The smallest absolute Gasteiger partial charge is 0.255 e. The Morgan fingerprint density at radius 3 is 2.06 bits per heavy atom. The van der Waals surface area contributed by atoms with Gasteiger partial charge in [-0.1, -0.05) is 17.7 Å². The molecule has 0 atom stereocenters. The zero-order valence-corrected chi connectivity index (χ0v) is 9.91. The number of carbonyl (C=O) groups is 1. The van der Waals surface area contributed by atoms with Crippen LogP contribution in [0, 0.1) is 6.92 Å². The van der Waals surface area contributed by atoms with E-state index in [0.717, 1.165) is 11.3 Å². The average molecular weight is 244 g/mol. The Bertz CT molecular complexity index is 535. The highest BCUT2D eigenvalue weighted by atomic mass is 19.2. The fourth-order valence-corrected chi connectivity index (χ4v) is 1.52. The molecule has 18 heavy (non-hydrogen) atoms. The largest absolute Gasteiger partial charge is 0.322 e. The molecule has 92 valence electrons. The number of amides is 1. The van der Waals surface area contributed by atoms with Gasteiger partial charge < -0.3 is 5.32 Å². The van der Waals surface area contributed by atoms with Crippen LogP contribution in [0.3, 0.4) is 0 Å². The Hall–Kier alpha value is -2.36. The molecule has 2 rings (SSSR count). The number of anilines is 2. The first-order valence-electron chi connectivity index (χ1n) is 5.54. The molecular weight excluding hydrogens is 231 g/mol. The summed E-state index contributed by atoms with van der Waals surface area (Å²) in [4.78, 5) is 11.9. The lowest BCUT2D eigenvalue weighted by atomic mass is 10.2. The predicted octanol–water partition coefficient (Wildman–Crippen LogP) is 3.54. The summed E-state index contributed by atoms with van der Waals surface area (Å²) in [6.45, 7) is 1.98. The lowest BCUT2D eigenvalue weighted by molar-refractivity contribution is 0.102. The summed E-state index contributed by atoms with van der Waals surface area (Å²) >= 11 is 0. The van der Waals surface area contributed by atoms with Gasteiger partial charge >= 0.3 is 0 Å². The molecule has 0 fully saturated rings. The van der Waals surface area contributed by atoms with Crippen molar-refractivity contribution in [2.45, 2.75) is 6.92 Å². The van der Waals surface area contributed by atoms with Crippen LogP contribution in [-0.2, 0) is 0 Å². The lowest BCUT2D eigenvalue weighted by Crippen LogP contribution is -2.11. The molecule has 1 amide bonds. The van der Waals surface area contributed by atoms with Crippen LogP contribution in [0.5, 0.6) is 0 Å². The first-order chi connectivity index (χ1) is 8.69. The summed E-state index contributed by atoms with van der Waals surface area (Å²) < 4.78 is 12.1. The zero-order valence-electron chi connectivity index (χ0n) is 9.91. The van der Waals surface area contributed by atoms with Crippen molar-refractivity contribution >= 4 is 17.3 Å². The van der Waals surface area contributed by atoms with Crippen molar-refractivity contribution in [3.63, 3.8) is 0 Å². The number of hydrogen-bond acceptors (Lipinski definition) is 2. The monoisotopic (exact) mass is 244 g/mol. The highest BCUT2D eigenvalue weighted by Crippen LogP contribution is 2.13. The first-order valence-corrected chi connectivity index (χ1v) is 5.54. The van der Waals surface area contributed by atoms with Crippen LogP contribution < -0.4 is 10.9 Å². The molecule has 0 aliphatic carbocycles. The minimum atomic E-state index is -0.218. The van der Waals surface area contributed by atoms with Gasteiger partial charge in [0.05, 0.1) is 5.69 Å². The number of benzene rings is 2. The summed E-state index contributed by atoms with van der Waals surface area (Å²) in [7, 11) is 0. The lowest BCUT2D eigenvalue weighted by Gasteiger charge is -2.06. The van der Waals surface area contributed by atoms with E-state index in [1.165, 1.54) is 17.7 Å². The van der Waals surface area contributed by atoms with Gasteiger partial charge in [0.1, 0.15) is 0 Å². The van der Waals surface area contributed by atoms with E-state index in [9.17, 15) is 9.28 Å². The molecule has 0 saturated carbocycles. The van der Waals surface area contributed by atoms with E-state index in [1.807, 2.05) is 31.2 Å². The Kier molecular flexibility index (Phi) is 3.57. The molecule has 2 aromatic rings. The number of nitrogens with one attached hydrogen (secondary N) is 2. The van der Waals surface area contributed by atoms with E-state index in [1.54, 1.807) is 12.1 Å². The van der Waals surface area contributed by atoms with Crippen LogP contribution in [0.4, 0.5) is 15.9 Å². The Labute approximate surface area is 105 Å². The van der Waals surface area contributed by atoms with Crippen molar-refractivity contribution in [2.24, 2.45) is 0 Å². The van der Waals surface area contributed by atoms with Gasteiger partial charge in [0.2, 0.25) is 0 Å². The standard InChI is InChI=1S/C14H13FN2O/c1-10-2-6-12(7-3-10)16-14(18)11-4-8-13(17-15)9-5-11/h2-9,17H,1H3,(H,16,18). The van der Waals surface area contributed by atoms with Gasteiger partial charge in [0.25, 0.3) is 5.91 Å². The average Bonchev–Trinajstić information content (AvgIpc) is 2.41. The van der Waals surface area contributed by atoms with Crippen LogP contribution in [0.15, 0.2) is 48.5 Å². The van der Waals surface area contributed by atoms with Gasteiger partial charge in [0.15, 0.2) is 0 Å². The predicted molar refractivity (Wildman–Crippen MR) is 70.3 cm³/mol. The Balaban J connectivity index is 2.09. The zero-order chi connectivity index (χ0) is 13.0. The van der Waals surface area contributed by atoms with E-state index >= 15 is 0 Å². The molecule has 2 aromatic carbocycles. The molecule has 0 spiro atoms. The molecule has 0 aliphatic heterocycles. The number of aryl methyl sites for hydroxylation is 1. The van der Waals surface area contributed by atoms with Crippen molar-refractivity contribution < 1.29 is 9.28 Å². The van der Waals surface area contributed by atoms with Crippen LogP contribution in [0.2, 0.25) is 0 Å². The third-order valence-corrected chi connectivity index (χ3v) is 2.57. The molecule has 0 bridgehead atoms. The van der Waals surface area contributed by atoms with Crippen LogP contribution in [0.1, 0.15) is 15.9 Å². The van der Waals surface area contributed by atoms with Gasteiger partial charge in [-0.25, -0.2) is 5.54 Å². The molecule has 0 heterocycles. The molecule has 0 aliphatic rings. The highest BCUT2D eigenvalue weighted by molar-refractivity contribution is 6.04. The fourth-order valence-electron chi connectivity index (χ4n) is 1.52. The van der Waals surface area contributed by atoms with Crippen LogP contribution in [-0.4, -0.2) is 5.91 Å². The summed E-state index contributed by atoms with van der Waals surface area (Å²) in [5.41, 5.74) is 4.19. The molecule has 0 unspecified atom stereocenters. The molecule has 0 saturated heterocycles. The summed E-state index contributed by atoms with van der Waals surface area (Å²) in [6.07, 6.45) is 0. The Morgan fingerprint density at radius 2 is 1.50 bits per heavy atom. The molecule has 4 heteroatoms. The second-order valence-electron chi connectivity index (χ2n) is 3.99. The van der Waals surface area contributed by atoms with E-state index in [-0.39, 0.29) is 5.91 Å². The van der Waals surface area contributed by atoms with E-state index < -0.39 is 0 Å². The van der Waals surface area contributed by atoms with Gasteiger partial charge in [0, 0.05) is 11.3 Å². The third kappa shape index (κ3) is 2.85. The topological polar surface area (TPSA) is 41.1 Å². The summed E-state index contributed by atoms with van der Waals surface area (Å²) in [5, 5.41) is 2.77. The van der Waals surface area contributed by atoms with Gasteiger partial charge in [-0.3, -0.25) is 4.79 Å². The fraction of sp³-hybridized carbons (Fsp3) is 0.0714. The van der Waals surface area contributed by atoms with E-state index in [0.29, 0.717) is 11.3 Å². The van der Waals surface area contributed by atoms with Crippen molar-refractivity contribution in [2.75, 3.05) is 10.9 Å². The maximum atomic E-state index is 12.1. The Morgan fingerprint density at radius 1 is 0.944 bits per heavy atom. The maximum Gasteiger partial charge on any atom is 0.255 e. The van der Waals surface area contributed by atoms with Gasteiger partial charge in [-0.15, -0.1) is 4.48 Å². The van der Waals surface area contributed by atoms with Crippen molar-refractivity contribution in [1.82, 2.24) is 0 Å². The quantitative estimate of drug-likeness (QED) is 0.811. The number of carbonyl (C=O) groups excluding carboxylic acids is 1. The molecular formula is C14H13FN2O. The van der Waals surface area contributed by atoms with Crippen LogP contribution >= 0.6 is 0 Å². The SMILES string of the molecule is Cc1ccc(NC(=O)c2ccc(NF)cc2)cc1. The normalized spacial score (nSPS) is 9.89. The third-order valence-electron chi connectivity index (χ3n) is 2.57. The second-order valence-corrected chi connectivity index (χ2v) is 3.99. The number of halogens is 1. The van der Waals surface area contributed by atoms with E-state index in [4.69, 9.17) is 0 Å². The maximum absolute atomic E-state index is 12.1. The number of hydrogen-bond donors (Lipinski definition) is 2. The molecule has 2 N–H and O–H groups in total. The minimum Gasteiger partial charge on any atom is -0.322 e. The second kappa shape index (κ2) is 5.31. The van der Waals surface area contributed by atoms with Gasteiger partial charge in [-0.05, 0) is 43.3 Å². The van der Waals surface area contributed by atoms with Gasteiger partial charge in [-0.2, -0.15) is 0 Å². The molecule has 0 radical (unpaired) electrons. The molecule has 3 nitrogen and oxygen atoms in total. The minimum absolute atomic E-state index is 0.218.